The van der Waals surface area contributed by atoms with Crippen molar-refractivity contribution in [3.05, 3.63) is 0 Å². The van der Waals surface area contributed by atoms with E-state index in [4.69, 9.17) is 0 Å². The summed E-state index contributed by atoms with van der Waals surface area (Å²) in [6.45, 7) is 0. The Morgan fingerprint density at radius 3 is 1.91 bits per heavy atom. The summed E-state index contributed by atoms with van der Waals surface area (Å²) in [5.41, 5.74) is 0. The van der Waals surface area contributed by atoms with Crippen molar-refractivity contribution >= 4 is 20.2 Å². The molecule has 0 aromatic rings. The van der Waals surface area contributed by atoms with Crippen molar-refractivity contribution < 1.29 is 20.5 Å². The molecule has 0 N–H and O–H groups in total. The normalized spacial score (nSPS) is 20.1. The number of rotatable bonds is 3. The molecule has 1 aliphatic rings. The summed E-state index contributed by atoms with van der Waals surface area (Å²) < 4.78 is 46.3. The zero-order valence-corrected chi connectivity index (χ0v) is 7.48. The Morgan fingerprint density at radius 2 is 1.64 bits per heavy atom. The van der Waals surface area contributed by atoms with Gasteiger partial charge in [-0.3, -0.25) is 0 Å². The second-order valence-electron chi connectivity index (χ2n) is 2.46. The van der Waals surface area contributed by atoms with Crippen molar-refractivity contribution in [2.24, 2.45) is 0 Å². The first-order valence-electron chi connectivity index (χ1n) is 2.96. The van der Waals surface area contributed by atoms with Crippen molar-refractivity contribution in [2.45, 2.75) is 18.1 Å². The third-order valence-corrected chi connectivity index (χ3v) is 4.19. The van der Waals surface area contributed by atoms with E-state index in [-0.39, 0.29) is 0 Å². The summed E-state index contributed by atoms with van der Waals surface area (Å²) >= 11 is 0. The van der Waals surface area contributed by atoms with Crippen LogP contribution < -0.4 is 0 Å². The molecule has 0 atom stereocenters. The maximum atomic E-state index is 10.8. The molecule has 0 spiro atoms. The van der Waals surface area contributed by atoms with Gasteiger partial charge in [0.1, 0.15) is 0 Å². The summed E-state index contributed by atoms with van der Waals surface area (Å²) in [5.74, 6) is 0. The van der Waals surface area contributed by atoms with E-state index in [1.165, 1.54) is 0 Å². The highest BCUT2D eigenvalue weighted by Gasteiger charge is 2.39. The smallest absolute Gasteiger partial charge is 0.199 e. The molecule has 66 valence electrons. The monoisotopic (exact) mass is 200 g/mol. The lowest BCUT2D eigenvalue weighted by Gasteiger charge is -1.98. The fourth-order valence-corrected chi connectivity index (χ4v) is 3.12. The molecule has 0 aliphatic heterocycles. The molecule has 7 heteroatoms. The quantitative estimate of drug-likeness (QED) is 0.611. The average Bonchev–Trinajstić information content (AvgIpc) is 2.30. The first kappa shape index (κ1) is 8.95. The van der Waals surface area contributed by atoms with E-state index < -0.39 is 25.5 Å². The van der Waals surface area contributed by atoms with Gasteiger partial charge in [0.2, 0.25) is 0 Å². The van der Waals surface area contributed by atoms with Gasteiger partial charge in [0.25, 0.3) is 20.2 Å². The molecule has 0 saturated heterocycles. The summed E-state index contributed by atoms with van der Waals surface area (Å²) in [6, 6.07) is 0. The standard InChI is InChI=1S/C4H8O5S2/c1-10(5,6)9-11(7,8)4-2-3-4/h4H,2-3H2,1H3. The second-order valence-corrected chi connectivity index (χ2v) is 6.07. The Balaban J connectivity index is 2.76. The van der Waals surface area contributed by atoms with Gasteiger partial charge in [-0.05, 0) is 12.8 Å². The Hall–Kier alpha value is -0.140. The Bertz CT molecular complexity index is 333. The Labute approximate surface area is 65.6 Å². The Kier molecular flexibility index (Phi) is 1.97. The molecule has 1 saturated carbocycles. The number of hydrogen-bond donors (Lipinski definition) is 0. The van der Waals surface area contributed by atoms with E-state index in [9.17, 15) is 16.8 Å². The summed E-state index contributed by atoms with van der Waals surface area (Å²) in [4.78, 5) is 0. The minimum absolute atomic E-state index is 0.498. The van der Waals surface area contributed by atoms with Crippen LogP contribution in [-0.4, -0.2) is 28.3 Å². The topological polar surface area (TPSA) is 77.5 Å². The van der Waals surface area contributed by atoms with Crippen LogP contribution in [0.3, 0.4) is 0 Å². The van der Waals surface area contributed by atoms with Gasteiger partial charge in [0.05, 0.1) is 11.5 Å². The predicted octanol–water partition coefficient (Wildman–Crippen LogP) is -0.545. The van der Waals surface area contributed by atoms with Gasteiger partial charge in [-0.1, -0.05) is 0 Å². The summed E-state index contributed by atoms with van der Waals surface area (Å²) in [7, 11) is -7.71. The predicted molar refractivity (Wildman–Crippen MR) is 37.9 cm³/mol. The van der Waals surface area contributed by atoms with Gasteiger partial charge < -0.3 is 0 Å². The zero-order chi connectivity index (χ0) is 8.70. The van der Waals surface area contributed by atoms with Crippen LogP contribution in [-0.2, 0) is 23.9 Å². The third-order valence-electron chi connectivity index (χ3n) is 1.15. The highest BCUT2D eigenvalue weighted by atomic mass is 32.3. The van der Waals surface area contributed by atoms with Crippen LogP contribution in [0.2, 0.25) is 0 Å². The maximum absolute atomic E-state index is 10.8. The van der Waals surface area contributed by atoms with Crippen LogP contribution in [0.1, 0.15) is 12.8 Å². The highest BCUT2D eigenvalue weighted by Crippen LogP contribution is 2.30. The van der Waals surface area contributed by atoms with Crippen LogP contribution in [0.4, 0.5) is 0 Å². The lowest BCUT2D eigenvalue weighted by atomic mass is 11.0. The third kappa shape index (κ3) is 2.76. The van der Waals surface area contributed by atoms with E-state index in [1.807, 2.05) is 0 Å². The van der Waals surface area contributed by atoms with E-state index in [0.717, 1.165) is 0 Å². The van der Waals surface area contributed by atoms with Crippen molar-refractivity contribution in [2.75, 3.05) is 6.26 Å². The lowest BCUT2D eigenvalue weighted by Crippen LogP contribution is -2.15. The molecule has 0 unspecified atom stereocenters. The summed E-state index contributed by atoms with van der Waals surface area (Å²) in [5, 5.41) is -0.600. The molecule has 5 nitrogen and oxygen atoms in total. The summed E-state index contributed by atoms with van der Waals surface area (Å²) in [6.07, 6.45) is 1.71. The highest BCUT2D eigenvalue weighted by molar-refractivity contribution is 7.99. The maximum Gasteiger partial charge on any atom is 0.284 e. The molecular weight excluding hydrogens is 192 g/mol. The SMILES string of the molecule is CS(=O)(=O)OS(=O)(=O)C1CC1. The molecule has 0 heterocycles. The van der Waals surface area contributed by atoms with Crippen molar-refractivity contribution in [1.82, 2.24) is 0 Å². The van der Waals surface area contributed by atoms with Crippen LogP contribution in [0.15, 0.2) is 0 Å². The molecule has 1 fully saturated rings. The van der Waals surface area contributed by atoms with E-state index in [2.05, 4.69) is 3.63 Å². The van der Waals surface area contributed by atoms with E-state index in [0.29, 0.717) is 19.1 Å². The fraction of sp³-hybridized carbons (Fsp3) is 1.00. The minimum atomic E-state index is -3.87. The van der Waals surface area contributed by atoms with Crippen LogP contribution in [0.25, 0.3) is 0 Å². The largest absolute Gasteiger partial charge is 0.284 e. The molecule has 11 heavy (non-hydrogen) atoms. The zero-order valence-electron chi connectivity index (χ0n) is 5.85. The van der Waals surface area contributed by atoms with Crippen LogP contribution in [0.5, 0.6) is 0 Å². The molecule has 1 rings (SSSR count). The van der Waals surface area contributed by atoms with Gasteiger partial charge in [0.15, 0.2) is 0 Å². The molecule has 0 aromatic carbocycles. The first-order chi connectivity index (χ1) is 4.81. The first-order valence-corrected chi connectivity index (χ1v) is 6.25. The van der Waals surface area contributed by atoms with Gasteiger partial charge >= 0.3 is 0 Å². The molecule has 0 bridgehead atoms. The fourth-order valence-electron chi connectivity index (χ4n) is 0.585. The average molecular weight is 200 g/mol. The van der Waals surface area contributed by atoms with E-state index in [1.54, 1.807) is 0 Å². The lowest BCUT2D eigenvalue weighted by molar-refractivity contribution is 0.465. The molecule has 0 aromatic heterocycles. The molecule has 0 amide bonds. The van der Waals surface area contributed by atoms with E-state index >= 15 is 0 Å². The molecule has 0 radical (unpaired) electrons. The molecular formula is C4H8O5S2. The van der Waals surface area contributed by atoms with Crippen LogP contribution >= 0.6 is 0 Å². The van der Waals surface area contributed by atoms with Crippen LogP contribution in [0, 0.1) is 0 Å². The van der Waals surface area contributed by atoms with Crippen molar-refractivity contribution in [1.29, 1.82) is 0 Å². The van der Waals surface area contributed by atoms with Gasteiger partial charge in [-0.2, -0.15) is 16.8 Å². The number of hydrogen-bond acceptors (Lipinski definition) is 5. The van der Waals surface area contributed by atoms with Crippen molar-refractivity contribution in [3.63, 3.8) is 0 Å². The second kappa shape index (κ2) is 2.43. The minimum Gasteiger partial charge on any atom is -0.199 e. The van der Waals surface area contributed by atoms with Crippen molar-refractivity contribution in [3.8, 4) is 0 Å². The van der Waals surface area contributed by atoms with Gasteiger partial charge in [0, 0.05) is 0 Å². The Morgan fingerprint density at radius 1 is 1.18 bits per heavy atom. The molecule has 1 aliphatic carbocycles. The van der Waals surface area contributed by atoms with Gasteiger partial charge in [-0.15, -0.1) is 3.63 Å². The van der Waals surface area contributed by atoms with Gasteiger partial charge in [-0.25, -0.2) is 0 Å².